The number of rotatable bonds is 4. The Morgan fingerprint density at radius 2 is 1.80 bits per heavy atom. The van der Waals surface area contributed by atoms with Gasteiger partial charge < -0.3 is 10.4 Å². The van der Waals surface area contributed by atoms with Crippen molar-refractivity contribution < 1.29 is 14.7 Å². The minimum absolute atomic E-state index is 0.182. The van der Waals surface area contributed by atoms with Gasteiger partial charge in [-0.1, -0.05) is 6.92 Å². The molecule has 0 spiro atoms. The Balaban J connectivity index is 2.04. The van der Waals surface area contributed by atoms with Crippen LogP contribution in [0.2, 0.25) is 0 Å². The number of nitrogens with one attached hydrogen (secondary N) is 1. The number of carbonyl (C=O) groups is 2. The molecule has 0 heterocycles. The van der Waals surface area contributed by atoms with E-state index in [1.807, 2.05) is 37.4 Å². The summed E-state index contributed by atoms with van der Waals surface area (Å²) in [6.07, 6.45) is 3.22. The highest BCUT2D eigenvalue weighted by molar-refractivity contribution is 7.98. The lowest BCUT2D eigenvalue weighted by molar-refractivity contribution is -0.145. The fraction of sp³-hybridized carbons (Fsp3) is 0.467. The highest BCUT2D eigenvalue weighted by atomic mass is 32.2. The van der Waals surface area contributed by atoms with Crippen molar-refractivity contribution in [2.45, 2.75) is 24.7 Å². The van der Waals surface area contributed by atoms with Gasteiger partial charge in [0.15, 0.2) is 0 Å². The normalized spacial score (nSPS) is 25.4. The number of thioether (sulfide) groups is 1. The van der Waals surface area contributed by atoms with Crippen LogP contribution in [0.15, 0.2) is 29.2 Å². The Labute approximate surface area is 123 Å². The van der Waals surface area contributed by atoms with Crippen LogP contribution in [0.25, 0.3) is 0 Å². The van der Waals surface area contributed by atoms with Crippen molar-refractivity contribution in [1.82, 2.24) is 0 Å². The summed E-state index contributed by atoms with van der Waals surface area (Å²) in [5.41, 5.74) is 0.719. The minimum atomic E-state index is -0.868. The molecule has 2 N–H and O–H groups in total. The van der Waals surface area contributed by atoms with E-state index in [1.165, 1.54) is 0 Å². The van der Waals surface area contributed by atoms with Gasteiger partial charge in [0.05, 0.1) is 11.8 Å². The Bertz CT molecular complexity index is 500. The summed E-state index contributed by atoms with van der Waals surface area (Å²) >= 11 is 1.64. The van der Waals surface area contributed by atoms with Gasteiger partial charge >= 0.3 is 5.97 Å². The average molecular weight is 293 g/mol. The van der Waals surface area contributed by atoms with E-state index in [2.05, 4.69) is 5.32 Å². The lowest BCUT2D eigenvalue weighted by atomic mass is 9.95. The van der Waals surface area contributed by atoms with Crippen LogP contribution in [0.1, 0.15) is 19.8 Å². The number of amides is 1. The summed E-state index contributed by atoms with van der Waals surface area (Å²) in [5.74, 6) is -1.75. The van der Waals surface area contributed by atoms with Crippen LogP contribution in [0.5, 0.6) is 0 Å². The number of aliphatic carboxylic acids is 1. The lowest BCUT2D eigenvalue weighted by Crippen LogP contribution is -2.29. The van der Waals surface area contributed by atoms with E-state index >= 15 is 0 Å². The third-order valence-electron chi connectivity index (χ3n) is 3.81. The van der Waals surface area contributed by atoms with E-state index in [0.29, 0.717) is 12.8 Å². The van der Waals surface area contributed by atoms with Crippen LogP contribution in [-0.4, -0.2) is 23.2 Å². The Morgan fingerprint density at radius 3 is 2.35 bits per heavy atom. The molecule has 1 amide bonds. The smallest absolute Gasteiger partial charge is 0.307 e. The quantitative estimate of drug-likeness (QED) is 0.837. The van der Waals surface area contributed by atoms with E-state index in [0.717, 1.165) is 10.6 Å². The minimum Gasteiger partial charge on any atom is -0.481 e. The Kier molecular flexibility index (Phi) is 4.70. The number of hydrogen-bond donors (Lipinski definition) is 2. The molecule has 0 aliphatic heterocycles. The van der Waals surface area contributed by atoms with Crippen molar-refractivity contribution in [3.63, 3.8) is 0 Å². The van der Waals surface area contributed by atoms with Crippen molar-refractivity contribution >= 4 is 29.3 Å². The number of carbonyl (C=O) groups excluding carboxylic acids is 1. The zero-order valence-electron chi connectivity index (χ0n) is 11.6. The summed E-state index contributed by atoms with van der Waals surface area (Å²) < 4.78 is 0. The maximum absolute atomic E-state index is 12.2. The molecule has 0 saturated heterocycles. The van der Waals surface area contributed by atoms with Crippen LogP contribution in [-0.2, 0) is 9.59 Å². The zero-order valence-corrected chi connectivity index (χ0v) is 12.4. The van der Waals surface area contributed by atoms with Crippen molar-refractivity contribution in [2.24, 2.45) is 17.8 Å². The van der Waals surface area contributed by atoms with Gasteiger partial charge in [-0.05, 0) is 49.3 Å². The van der Waals surface area contributed by atoms with Gasteiger partial charge in [0.25, 0.3) is 0 Å². The first kappa shape index (κ1) is 14.9. The predicted molar refractivity (Wildman–Crippen MR) is 79.9 cm³/mol. The molecular weight excluding hydrogens is 274 g/mol. The molecule has 1 saturated carbocycles. The monoisotopic (exact) mass is 293 g/mol. The SMILES string of the molecule is CSc1ccc(NC(=O)C2CC(C)CC2C(=O)O)cc1. The van der Waals surface area contributed by atoms with E-state index in [4.69, 9.17) is 0 Å². The molecule has 1 fully saturated rings. The standard InChI is InChI=1S/C15H19NO3S/c1-9-7-12(13(8-9)15(18)19)14(17)16-10-3-5-11(20-2)6-4-10/h3-6,9,12-13H,7-8H2,1-2H3,(H,16,17)(H,18,19). The molecule has 4 nitrogen and oxygen atoms in total. The van der Waals surface area contributed by atoms with Gasteiger partial charge in [0.2, 0.25) is 5.91 Å². The van der Waals surface area contributed by atoms with Crippen molar-refractivity contribution in [3.05, 3.63) is 24.3 Å². The first-order chi connectivity index (χ1) is 9.51. The Hall–Kier alpha value is -1.49. The fourth-order valence-electron chi connectivity index (χ4n) is 2.76. The van der Waals surface area contributed by atoms with E-state index in [-0.39, 0.29) is 11.8 Å². The van der Waals surface area contributed by atoms with Gasteiger partial charge in [-0.25, -0.2) is 0 Å². The number of anilines is 1. The third kappa shape index (κ3) is 3.33. The molecule has 0 bridgehead atoms. The molecule has 3 unspecified atom stereocenters. The topological polar surface area (TPSA) is 66.4 Å². The molecule has 5 heteroatoms. The molecule has 0 radical (unpaired) electrons. The van der Waals surface area contributed by atoms with Crippen LogP contribution < -0.4 is 5.32 Å². The van der Waals surface area contributed by atoms with Gasteiger partial charge in [-0.3, -0.25) is 9.59 Å². The Morgan fingerprint density at radius 1 is 1.20 bits per heavy atom. The number of carboxylic acids is 1. The molecule has 3 atom stereocenters. The van der Waals surface area contributed by atoms with E-state index in [1.54, 1.807) is 11.8 Å². The van der Waals surface area contributed by atoms with Crippen molar-refractivity contribution in [1.29, 1.82) is 0 Å². The van der Waals surface area contributed by atoms with Crippen LogP contribution >= 0.6 is 11.8 Å². The van der Waals surface area contributed by atoms with Gasteiger partial charge in [-0.2, -0.15) is 0 Å². The predicted octanol–water partition coefficient (Wildman–Crippen LogP) is 3.09. The first-order valence-electron chi connectivity index (χ1n) is 6.69. The molecule has 2 rings (SSSR count). The number of benzene rings is 1. The molecule has 1 aromatic rings. The average Bonchev–Trinajstić information content (AvgIpc) is 2.82. The largest absolute Gasteiger partial charge is 0.481 e. The van der Waals surface area contributed by atoms with Crippen molar-refractivity contribution in [2.75, 3.05) is 11.6 Å². The molecule has 1 aliphatic carbocycles. The van der Waals surface area contributed by atoms with Gasteiger partial charge in [0, 0.05) is 10.6 Å². The van der Waals surface area contributed by atoms with Gasteiger partial charge in [-0.15, -0.1) is 11.8 Å². The number of carboxylic acid groups (broad SMARTS) is 1. The lowest BCUT2D eigenvalue weighted by Gasteiger charge is -2.15. The molecular formula is C15H19NO3S. The first-order valence-corrected chi connectivity index (χ1v) is 7.91. The van der Waals surface area contributed by atoms with Crippen LogP contribution in [0.3, 0.4) is 0 Å². The van der Waals surface area contributed by atoms with E-state index in [9.17, 15) is 14.7 Å². The second kappa shape index (κ2) is 6.31. The second-order valence-electron chi connectivity index (χ2n) is 5.35. The number of hydrogen-bond acceptors (Lipinski definition) is 3. The second-order valence-corrected chi connectivity index (χ2v) is 6.23. The third-order valence-corrected chi connectivity index (χ3v) is 4.55. The summed E-state index contributed by atoms with van der Waals surface area (Å²) in [6.45, 7) is 2.00. The van der Waals surface area contributed by atoms with Crippen LogP contribution in [0.4, 0.5) is 5.69 Å². The summed E-state index contributed by atoms with van der Waals surface area (Å²) in [4.78, 5) is 24.6. The fourth-order valence-corrected chi connectivity index (χ4v) is 3.17. The molecule has 20 heavy (non-hydrogen) atoms. The van der Waals surface area contributed by atoms with Gasteiger partial charge in [0.1, 0.15) is 0 Å². The van der Waals surface area contributed by atoms with E-state index < -0.39 is 17.8 Å². The summed E-state index contributed by atoms with van der Waals surface area (Å²) in [6, 6.07) is 7.56. The molecule has 1 aromatic carbocycles. The highest BCUT2D eigenvalue weighted by Gasteiger charge is 2.41. The summed E-state index contributed by atoms with van der Waals surface area (Å²) in [7, 11) is 0. The molecule has 1 aliphatic rings. The highest BCUT2D eigenvalue weighted by Crippen LogP contribution is 2.37. The maximum Gasteiger partial charge on any atom is 0.307 e. The summed E-state index contributed by atoms with van der Waals surface area (Å²) in [5, 5.41) is 12.0. The molecule has 0 aromatic heterocycles. The van der Waals surface area contributed by atoms with Crippen molar-refractivity contribution in [3.8, 4) is 0 Å². The van der Waals surface area contributed by atoms with Crippen LogP contribution in [0, 0.1) is 17.8 Å². The maximum atomic E-state index is 12.2. The zero-order chi connectivity index (χ0) is 14.7. The molecule has 108 valence electrons.